The lowest BCUT2D eigenvalue weighted by Crippen LogP contribution is -2.40. The zero-order chi connectivity index (χ0) is 14.9. The second-order valence-corrected chi connectivity index (χ2v) is 6.08. The minimum absolute atomic E-state index is 0.352. The second kappa shape index (κ2) is 9.15. The number of ether oxygens (including phenoxy) is 2. The maximum atomic E-state index is 11.6. The molecule has 1 unspecified atom stereocenters. The number of hydrogen-bond donors (Lipinski definition) is 2. The highest BCUT2D eigenvalue weighted by atomic mass is 16.6. The van der Waals surface area contributed by atoms with Gasteiger partial charge < -0.3 is 20.1 Å². The first-order chi connectivity index (χ1) is 8.76. The summed E-state index contributed by atoms with van der Waals surface area (Å²) < 4.78 is 10.2. The first-order valence-electron chi connectivity index (χ1n) is 6.92. The van der Waals surface area contributed by atoms with Gasteiger partial charge in [-0.05, 0) is 39.2 Å². The molecular weight excluding hydrogens is 244 g/mol. The summed E-state index contributed by atoms with van der Waals surface area (Å²) in [5.74, 6) is 0.870. The molecule has 0 radical (unpaired) electrons. The van der Waals surface area contributed by atoms with E-state index in [1.807, 2.05) is 20.8 Å². The van der Waals surface area contributed by atoms with Crippen molar-refractivity contribution in [1.29, 1.82) is 0 Å². The summed E-state index contributed by atoms with van der Waals surface area (Å²) in [6.07, 6.45) is -0.352. The highest BCUT2D eigenvalue weighted by molar-refractivity contribution is 5.67. The largest absolute Gasteiger partial charge is 0.444 e. The van der Waals surface area contributed by atoms with Gasteiger partial charge in [0.15, 0.2) is 0 Å². The molecule has 0 aliphatic rings. The first kappa shape index (κ1) is 18.2. The predicted molar refractivity (Wildman–Crippen MR) is 77.3 cm³/mol. The van der Waals surface area contributed by atoms with Gasteiger partial charge in [0.2, 0.25) is 0 Å². The van der Waals surface area contributed by atoms with Crippen LogP contribution in [0.25, 0.3) is 0 Å². The summed E-state index contributed by atoms with van der Waals surface area (Å²) in [6.45, 7) is 12.9. The molecule has 0 aromatic rings. The van der Waals surface area contributed by atoms with Crippen LogP contribution >= 0.6 is 0 Å². The van der Waals surface area contributed by atoms with E-state index >= 15 is 0 Å². The van der Waals surface area contributed by atoms with Gasteiger partial charge in [0, 0.05) is 20.2 Å². The Hall–Kier alpha value is -0.810. The summed E-state index contributed by atoms with van der Waals surface area (Å²) in [6, 6.07) is 0. The first-order valence-corrected chi connectivity index (χ1v) is 6.92. The van der Waals surface area contributed by atoms with E-state index < -0.39 is 5.60 Å². The molecule has 0 bridgehead atoms. The Bertz CT molecular complexity index is 250. The Morgan fingerprint density at radius 3 is 2.32 bits per heavy atom. The number of methoxy groups -OCH3 is 1. The average Bonchev–Trinajstić information content (AvgIpc) is 2.25. The number of hydrogen-bond acceptors (Lipinski definition) is 4. The number of carbonyl (C=O) groups excluding carboxylic acids is 1. The van der Waals surface area contributed by atoms with Crippen molar-refractivity contribution in [1.82, 2.24) is 10.6 Å². The average molecular weight is 274 g/mol. The van der Waals surface area contributed by atoms with E-state index in [4.69, 9.17) is 9.47 Å². The fourth-order valence-corrected chi connectivity index (χ4v) is 1.53. The van der Waals surface area contributed by atoms with Crippen LogP contribution < -0.4 is 10.6 Å². The molecule has 0 aliphatic carbocycles. The smallest absolute Gasteiger partial charge is 0.407 e. The number of alkyl carbamates (subject to hydrolysis) is 1. The van der Waals surface area contributed by atoms with Crippen molar-refractivity contribution in [2.75, 3.05) is 33.4 Å². The molecule has 0 aromatic carbocycles. The molecule has 5 heteroatoms. The lowest BCUT2D eigenvalue weighted by molar-refractivity contribution is 0.0514. The van der Waals surface area contributed by atoms with Gasteiger partial charge in [-0.1, -0.05) is 13.8 Å². The van der Waals surface area contributed by atoms with Crippen molar-refractivity contribution in [3.63, 3.8) is 0 Å². The van der Waals surface area contributed by atoms with Crippen LogP contribution in [0.4, 0.5) is 4.79 Å². The molecule has 19 heavy (non-hydrogen) atoms. The summed E-state index contributed by atoms with van der Waals surface area (Å²) in [5, 5.41) is 6.15. The van der Waals surface area contributed by atoms with Crippen molar-refractivity contribution in [3.05, 3.63) is 0 Å². The maximum absolute atomic E-state index is 11.6. The molecule has 0 rings (SSSR count). The topological polar surface area (TPSA) is 59.6 Å². The van der Waals surface area contributed by atoms with Crippen LogP contribution in [0.1, 0.15) is 34.6 Å². The van der Waals surface area contributed by atoms with Gasteiger partial charge in [0.25, 0.3) is 0 Å². The van der Waals surface area contributed by atoms with E-state index in [1.54, 1.807) is 7.11 Å². The zero-order valence-electron chi connectivity index (χ0n) is 13.2. The lowest BCUT2D eigenvalue weighted by Gasteiger charge is -2.24. The van der Waals surface area contributed by atoms with Crippen molar-refractivity contribution in [3.8, 4) is 0 Å². The Labute approximate surface area is 117 Å². The molecule has 114 valence electrons. The number of amides is 1. The summed E-state index contributed by atoms with van der Waals surface area (Å²) >= 11 is 0. The van der Waals surface area contributed by atoms with Crippen LogP contribution in [0.3, 0.4) is 0 Å². The van der Waals surface area contributed by atoms with Crippen molar-refractivity contribution in [2.45, 2.75) is 40.2 Å². The molecule has 5 nitrogen and oxygen atoms in total. The number of rotatable bonds is 8. The van der Waals surface area contributed by atoms with Crippen LogP contribution in [0.15, 0.2) is 0 Å². The van der Waals surface area contributed by atoms with Gasteiger partial charge >= 0.3 is 6.09 Å². The van der Waals surface area contributed by atoms with Gasteiger partial charge in [-0.3, -0.25) is 0 Å². The van der Waals surface area contributed by atoms with Crippen LogP contribution in [-0.2, 0) is 9.47 Å². The van der Waals surface area contributed by atoms with Gasteiger partial charge in [-0.25, -0.2) is 4.79 Å². The van der Waals surface area contributed by atoms with Crippen molar-refractivity contribution < 1.29 is 14.3 Å². The standard InChI is InChI=1S/C14H30N2O3/c1-11(2)12(9-15-7-8-18-6)10-16-13(17)19-14(3,4)5/h11-12,15H,7-10H2,1-6H3,(H,16,17). The van der Waals surface area contributed by atoms with Crippen molar-refractivity contribution in [2.24, 2.45) is 11.8 Å². The molecular formula is C14H30N2O3. The highest BCUT2D eigenvalue weighted by Crippen LogP contribution is 2.10. The van der Waals surface area contributed by atoms with Crippen LogP contribution in [0.5, 0.6) is 0 Å². The lowest BCUT2D eigenvalue weighted by atomic mass is 9.96. The minimum atomic E-state index is -0.450. The molecule has 0 fully saturated rings. The fourth-order valence-electron chi connectivity index (χ4n) is 1.53. The SMILES string of the molecule is COCCNCC(CNC(=O)OC(C)(C)C)C(C)C. The van der Waals surface area contributed by atoms with Gasteiger partial charge in [0.05, 0.1) is 6.61 Å². The van der Waals surface area contributed by atoms with E-state index in [-0.39, 0.29) is 6.09 Å². The van der Waals surface area contributed by atoms with E-state index in [0.717, 1.165) is 13.1 Å². The monoisotopic (exact) mass is 274 g/mol. The Morgan fingerprint density at radius 1 is 1.21 bits per heavy atom. The molecule has 2 N–H and O–H groups in total. The Morgan fingerprint density at radius 2 is 1.84 bits per heavy atom. The summed E-state index contributed by atoms with van der Waals surface area (Å²) in [4.78, 5) is 11.6. The van der Waals surface area contributed by atoms with E-state index in [9.17, 15) is 4.79 Å². The maximum Gasteiger partial charge on any atom is 0.407 e. The molecule has 0 saturated carbocycles. The third-order valence-corrected chi connectivity index (χ3v) is 2.74. The number of carbonyl (C=O) groups is 1. The molecule has 0 aliphatic heterocycles. The second-order valence-electron chi connectivity index (χ2n) is 6.08. The molecule has 0 saturated heterocycles. The van der Waals surface area contributed by atoms with Crippen molar-refractivity contribution >= 4 is 6.09 Å². The third-order valence-electron chi connectivity index (χ3n) is 2.74. The van der Waals surface area contributed by atoms with Gasteiger partial charge in [-0.15, -0.1) is 0 Å². The van der Waals surface area contributed by atoms with E-state index in [1.165, 1.54) is 0 Å². The fraction of sp³-hybridized carbons (Fsp3) is 0.929. The third kappa shape index (κ3) is 10.8. The van der Waals surface area contributed by atoms with Gasteiger partial charge in [0.1, 0.15) is 5.60 Å². The number of nitrogens with one attached hydrogen (secondary N) is 2. The summed E-state index contributed by atoms with van der Waals surface area (Å²) in [7, 11) is 1.69. The van der Waals surface area contributed by atoms with Gasteiger partial charge in [-0.2, -0.15) is 0 Å². The molecule has 0 spiro atoms. The normalized spacial score (nSPS) is 13.4. The van der Waals surface area contributed by atoms with Crippen LogP contribution in [0.2, 0.25) is 0 Å². The molecule has 0 heterocycles. The quantitative estimate of drug-likeness (QED) is 0.665. The zero-order valence-corrected chi connectivity index (χ0v) is 13.2. The minimum Gasteiger partial charge on any atom is -0.444 e. The Balaban J connectivity index is 3.97. The summed E-state index contributed by atoms with van der Waals surface area (Å²) in [5.41, 5.74) is -0.450. The Kier molecular flexibility index (Phi) is 8.76. The highest BCUT2D eigenvalue weighted by Gasteiger charge is 2.18. The molecule has 1 atom stereocenters. The van der Waals surface area contributed by atoms with Crippen LogP contribution in [0, 0.1) is 11.8 Å². The molecule has 1 amide bonds. The van der Waals surface area contributed by atoms with E-state index in [2.05, 4.69) is 24.5 Å². The van der Waals surface area contributed by atoms with E-state index in [0.29, 0.717) is 25.0 Å². The predicted octanol–water partition coefficient (Wildman–Crippen LogP) is 2.02. The van der Waals surface area contributed by atoms with Crippen LogP contribution in [-0.4, -0.2) is 45.0 Å². The molecule has 0 aromatic heterocycles.